The lowest BCUT2D eigenvalue weighted by Crippen LogP contribution is -3.13. The van der Waals surface area contributed by atoms with Crippen molar-refractivity contribution in [2.24, 2.45) is 0 Å². The number of hydrogen-bond acceptors (Lipinski definition) is 3. The van der Waals surface area contributed by atoms with Crippen LogP contribution in [0.4, 0.5) is 5.95 Å². The van der Waals surface area contributed by atoms with Crippen molar-refractivity contribution < 1.29 is 4.90 Å². The Labute approximate surface area is 124 Å². The van der Waals surface area contributed by atoms with E-state index in [1.165, 1.54) is 11.6 Å². The van der Waals surface area contributed by atoms with Gasteiger partial charge in [-0.15, -0.1) is 0 Å². The van der Waals surface area contributed by atoms with Gasteiger partial charge in [-0.25, -0.2) is 4.98 Å². The molecule has 5 heteroatoms. The smallest absolute Gasteiger partial charge is 0.252 e. The Balaban J connectivity index is 1.61. The van der Waals surface area contributed by atoms with Gasteiger partial charge in [0.25, 0.3) is 5.56 Å². The summed E-state index contributed by atoms with van der Waals surface area (Å²) in [6.45, 7) is 6.89. The molecule has 1 aromatic heterocycles. The van der Waals surface area contributed by atoms with Gasteiger partial charge in [-0.05, 0) is 6.92 Å². The van der Waals surface area contributed by atoms with Gasteiger partial charge < -0.3 is 9.80 Å². The molecule has 0 aliphatic carbocycles. The molecule has 0 saturated carbocycles. The summed E-state index contributed by atoms with van der Waals surface area (Å²) in [5.74, 6) is 0.707. The summed E-state index contributed by atoms with van der Waals surface area (Å²) in [5.41, 5.74) is 2.08. The second-order valence-corrected chi connectivity index (χ2v) is 5.61. The highest BCUT2D eigenvalue weighted by atomic mass is 16.1. The van der Waals surface area contributed by atoms with Gasteiger partial charge in [0, 0.05) is 17.3 Å². The molecule has 2 aromatic rings. The molecule has 110 valence electrons. The predicted octanol–water partition coefficient (Wildman–Crippen LogP) is -0.0166. The Kier molecular flexibility index (Phi) is 4.01. The first-order chi connectivity index (χ1) is 10.2. The summed E-state index contributed by atoms with van der Waals surface area (Å²) in [6.07, 6.45) is 0. The molecule has 0 atom stereocenters. The summed E-state index contributed by atoms with van der Waals surface area (Å²) >= 11 is 0. The van der Waals surface area contributed by atoms with Gasteiger partial charge in [0.15, 0.2) is 0 Å². The van der Waals surface area contributed by atoms with Gasteiger partial charge in [-0.2, -0.15) is 0 Å². The van der Waals surface area contributed by atoms with Gasteiger partial charge >= 0.3 is 0 Å². The van der Waals surface area contributed by atoms with Crippen molar-refractivity contribution in [1.82, 2.24) is 9.97 Å². The quantitative estimate of drug-likeness (QED) is 0.833. The number of H-pyrrole nitrogens is 1. The number of nitrogens with one attached hydrogen (secondary N) is 2. The van der Waals surface area contributed by atoms with Crippen LogP contribution in [0.5, 0.6) is 0 Å². The van der Waals surface area contributed by atoms with E-state index in [1.807, 2.05) is 6.92 Å². The lowest BCUT2D eigenvalue weighted by Gasteiger charge is -2.32. The van der Waals surface area contributed by atoms with Gasteiger partial charge in [0.1, 0.15) is 6.54 Å². The molecular formula is C16H21N4O+. The number of aromatic nitrogens is 2. The predicted molar refractivity (Wildman–Crippen MR) is 82.7 cm³/mol. The van der Waals surface area contributed by atoms with Crippen molar-refractivity contribution in [3.05, 3.63) is 58.0 Å². The average Bonchev–Trinajstić information content (AvgIpc) is 2.48. The molecule has 2 heterocycles. The largest absolute Gasteiger partial charge is 0.331 e. The van der Waals surface area contributed by atoms with Crippen molar-refractivity contribution in [1.29, 1.82) is 0 Å². The minimum absolute atomic E-state index is 0.0726. The standard InChI is InChI=1S/C16H20N4O/c1-13-11-15(21)18-16(17-13)20-9-7-19(8-10-20)12-14-5-3-2-4-6-14/h2-6,11H,7-10,12H2,1H3,(H,17,18,21)/p+1. The zero-order chi connectivity index (χ0) is 14.7. The monoisotopic (exact) mass is 285 g/mol. The Morgan fingerprint density at radius 3 is 2.62 bits per heavy atom. The van der Waals surface area contributed by atoms with Crippen molar-refractivity contribution in [3.63, 3.8) is 0 Å². The molecule has 1 aromatic carbocycles. The maximum absolute atomic E-state index is 11.5. The molecule has 0 amide bonds. The molecule has 21 heavy (non-hydrogen) atoms. The molecule has 2 N–H and O–H groups in total. The Hall–Kier alpha value is -2.14. The van der Waals surface area contributed by atoms with Crippen LogP contribution in [0.25, 0.3) is 0 Å². The highest BCUT2D eigenvalue weighted by Gasteiger charge is 2.21. The van der Waals surface area contributed by atoms with E-state index in [1.54, 1.807) is 4.90 Å². The van der Waals surface area contributed by atoms with Gasteiger partial charge in [-0.1, -0.05) is 30.3 Å². The van der Waals surface area contributed by atoms with E-state index < -0.39 is 0 Å². The molecule has 1 fully saturated rings. The van der Waals surface area contributed by atoms with Gasteiger partial charge in [0.05, 0.1) is 26.2 Å². The molecule has 1 saturated heterocycles. The van der Waals surface area contributed by atoms with Crippen molar-refractivity contribution >= 4 is 5.95 Å². The third-order valence-electron chi connectivity index (χ3n) is 3.92. The number of nitrogens with zero attached hydrogens (tertiary/aromatic N) is 2. The second kappa shape index (κ2) is 6.10. The molecule has 3 rings (SSSR count). The minimum Gasteiger partial charge on any atom is -0.331 e. The normalized spacial score (nSPS) is 16.1. The summed E-state index contributed by atoms with van der Waals surface area (Å²) in [4.78, 5) is 22.5. The molecule has 0 unspecified atom stereocenters. The first kappa shape index (κ1) is 13.8. The number of aromatic amines is 1. The first-order valence-electron chi connectivity index (χ1n) is 7.41. The number of rotatable bonds is 3. The fourth-order valence-electron chi connectivity index (χ4n) is 2.81. The van der Waals surface area contributed by atoms with Crippen LogP contribution in [0.1, 0.15) is 11.3 Å². The molecule has 0 radical (unpaired) electrons. The van der Waals surface area contributed by atoms with Crippen LogP contribution in [0.2, 0.25) is 0 Å². The van der Waals surface area contributed by atoms with E-state index >= 15 is 0 Å². The van der Waals surface area contributed by atoms with E-state index in [9.17, 15) is 4.79 Å². The Bertz CT molecular complexity index is 645. The summed E-state index contributed by atoms with van der Waals surface area (Å²) < 4.78 is 0. The Morgan fingerprint density at radius 2 is 1.95 bits per heavy atom. The lowest BCUT2D eigenvalue weighted by atomic mass is 10.2. The number of aryl methyl sites for hydroxylation is 1. The molecule has 1 aliphatic rings. The van der Waals surface area contributed by atoms with E-state index in [0.29, 0.717) is 5.95 Å². The minimum atomic E-state index is -0.0726. The topological polar surface area (TPSA) is 53.4 Å². The van der Waals surface area contributed by atoms with Crippen LogP contribution in [-0.2, 0) is 6.54 Å². The number of hydrogen-bond donors (Lipinski definition) is 2. The summed E-state index contributed by atoms with van der Waals surface area (Å²) in [5, 5.41) is 0. The van der Waals surface area contributed by atoms with Gasteiger partial charge in [0.2, 0.25) is 5.95 Å². The van der Waals surface area contributed by atoms with E-state index in [-0.39, 0.29) is 5.56 Å². The molecule has 5 nitrogen and oxygen atoms in total. The molecule has 0 bridgehead atoms. The van der Waals surface area contributed by atoms with E-state index in [0.717, 1.165) is 38.4 Å². The maximum Gasteiger partial charge on any atom is 0.252 e. The molecule has 1 aliphatic heterocycles. The SMILES string of the molecule is Cc1cc(=O)[nH]c(N2CC[NH+](Cc3ccccc3)CC2)n1. The van der Waals surface area contributed by atoms with Crippen molar-refractivity contribution in [3.8, 4) is 0 Å². The number of quaternary nitrogens is 1. The number of piperazine rings is 1. The number of benzene rings is 1. The van der Waals surface area contributed by atoms with E-state index in [2.05, 4.69) is 45.2 Å². The van der Waals surface area contributed by atoms with Crippen molar-refractivity contribution in [2.45, 2.75) is 13.5 Å². The van der Waals surface area contributed by atoms with Crippen LogP contribution in [0.15, 0.2) is 41.2 Å². The van der Waals surface area contributed by atoms with Crippen LogP contribution >= 0.6 is 0 Å². The Morgan fingerprint density at radius 1 is 1.24 bits per heavy atom. The average molecular weight is 285 g/mol. The third-order valence-corrected chi connectivity index (χ3v) is 3.92. The maximum atomic E-state index is 11.5. The molecule has 0 spiro atoms. The zero-order valence-corrected chi connectivity index (χ0v) is 12.3. The zero-order valence-electron chi connectivity index (χ0n) is 12.3. The fraction of sp³-hybridized carbons (Fsp3) is 0.375. The number of anilines is 1. The highest BCUT2D eigenvalue weighted by Crippen LogP contribution is 2.05. The highest BCUT2D eigenvalue weighted by molar-refractivity contribution is 5.30. The summed E-state index contributed by atoms with van der Waals surface area (Å²) in [6, 6.07) is 12.1. The van der Waals surface area contributed by atoms with Crippen LogP contribution in [0, 0.1) is 6.92 Å². The third kappa shape index (κ3) is 3.49. The van der Waals surface area contributed by atoms with Crippen LogP contribution in [-0.4, -0.2) is 36.1 Å². The fourth-order valence-corrected chi connectivity index (χ4v) is 2.81. The van der Waals surface area contributed by atoms with Gasteiger partial charge in [-0.3, -0.25) is 9.78 Å². The van der Waals surface area contributed by atoms with Crippen LogP contribution in [0.3, 0.4) is 0 Å². The van der Waals surface area contributed by atoms with Crippen LogP contribution < -0.4 is 15.4 Å². The van der Waals surface area contributed by atoms with E-state index in [4.69, 9.17) is 0 Å². The molecular weight excluding hydrogens is 264 g/mol. The second-order valence-electron chi connectivity index (χ2n) is 5.61. The lowest BCUT2D eigenvalue weighted by molar-refractivity contribution is -0.914. The summed E-state index contributed by atoms with van der Waals surface area (Å²) in [7, 11) is 0. The van der Waals surface area contributed by atoms with Crippen molar-refractivity contribution in [2.75, 3.05) is 31.1 Å². The first-order valence-corrected chi connectivity index (χ1v) is 7.41.